The summed E-state index contributed by atoms with van der Waals surface area (Å²) in [5.41, 5.74) is -0.272. The zero-order valence-corrected chi connectivity index (χ0v) is 12.3. The normalized spacial score (nSPS) is 13.2. The van der Waals surface area contributed by atoms with Crippen LogP contribution in [-0.4, -0.2) is 17.8 Å². The van der Waals surface area contributed by atoms with Crippen LogP contribution in [0, 0.1) is 22.9 Å². The van der Waals surface area contributed by atoms with Crippen molar-refractivity contribution in [2.24, 2.45) is 5.41 Å². The number of alkyl halides is 1. The summed E-state index contributed by atoms with van der Waals surface area (Å²) in [4.78, 5) is 11.7. The highest BCUT2D eigenvalue weighted by Crippen LogP contribution is 2.23. The third-order valence-corrected chi connectivity index (χ3v) is 2.87. The first kappa shape index (κ1) is 16.8. The average molecular weight is 308 g/mol. The maximum atomic E-state index is 13.0. The van der Waals surface area contributed by atoms with Gasteiger partial charge in [0.05, 0.1) is 5.38 Å². The third-order valence-electron chi connectivity index (χ3n) is 2.56. The Balaban J connectivity index is 2.64. The quantitative estimate of drug-likeness (QED) is 0.664. The Bertz CT molecular complexity index is 477. The monoisotopic (exact) mass is 307 g/mol. The number of hydrogen-bond acceptors (Lipinski definition) is 1. The second-order valence-electron chi connectivity index (χ2n) is 5.83. The smallest absolute Gasteiger partial charge is 0.251 e. The highest BCUT2D eigenvalue weighted by atomic mass is 35.5. The molecule has 1 aromatic carbocycles. The number of nitrogens with one attached hydrogen (secondary N) is 1. The van der Waals surface area contributed by atoms with E-state index in [-0.39, 0.29) is 22.9 Å². The van der Waals surface area contributed by atoms with Gasteiger partial charge in [-0.3, -0.25) is 4.79 Å². The molecular formula is C14H17ClF3NO. The lowest BCUT2D eigenvalue weighted by atomic mass is 9.90. The zero-order chi connectivity index (χ0) is 15.5. The summed E-state index contributed by atoms with van der Waals surface area (Å²) in [5, 5.41) is 2.17. The van der Waals surface area contributed by atoms with E-state index in [2.05, 4.69) is 5.32 Å². The predicted molar refractivity (Wildman–Crippen MR) is 72.4 cm³/mol. The van der Waals surface area contributed by atoms with Crippen molar-refractivity contribution in [3.63, 3.8) is 0 Å². The van der Waals surface area contributed by atoms with Gasteiger partial charge < -0.3 is 5.32 Å². The second-order valence-corrected chi connectivity index (χ2v) is 6.44. The standard InChI is InChI=1S/C14H17ClF3NO/c1-14(2,3)6-9(15)7-19-13(20)8-4-10(16)12(18)11(17)5-8/h4-5,9H,6-7H2,1-3H3,(H,19,20). The van der Waals surface area contributed by atoms with Crippen molar-refractivity contribution in [1.29, 1.82) is 0 Å². The van der Waals surface area contributed by atoms with E-state index in [0.717, 1.165) is 0 Å². The van der Waals surface area contributed by atoms with Gasteiger partial charge in [-0.2, -0.15) is 0 Å². The zero-order valence-electron chi connectivity index (χ0n) is 11.6. The Morgan fingerprint density at radius 2 is 1.75 bits per heavy atom. The van der Waals surface area contributed by atoms with Crippen molar-refractivity contribution >= 4 is 17.5 Å². The van der Waals surface area contributed by atoms with Gasteiger partial charge in [0, 0.05) is 12.1 Å². The van der Waals surface area contributed by atoms with E-state index < -0.39 is 23.4 Å². The summed E-state index contributed by atoms with van der Waals surface area (Å²) >= 11 is 6.06. The van der Waals surface area contributed by atoms with E-state index in [0.29, 0.717) is 18.6 Å². The van der Waals surface area contributed by atoms with Crippen molar-refractivity contribution in [2.75, 3.05) is 6.54 Å². The van der Waals surface area contributed by atoms with Crippen LogP contribution in [0.3, 0.4) is 0 Å². The van der Waals surface area contributed by atoms with Gasteiger partial charge in [0.15, 0.2) is 17.5 Å². The van der Waals surface area contributed by atoms with Crippen LogP contribution in [0.25, 0.3) is 0 Å². The first-order valence-electron chi connectivity index (χ1n) is 6.17. The predicted octanol–water partition coefficient (Wildman–Crippen LogP) is 3.88. The number of benzene rings is 1. The van der Waals surface area contributed by atoms with E-state index in [1.807, 2.05) is 20.8 Å². The molecule has 0 fully saturated rings. The Labute approximate surface area is 121 Å². The van der Waals surface area contributed by atoms with E-state index in [4.69, 9.17) is 11.6 Å². The molecule has 1 rings (SSSR count). The van der Waals surface area contributed by atoms with Crippen molar-refractivity contribution in [3.05, 3.63) is 35.1 Å². The summed E-state index contributed by atoms with van der Waals surface area (Å²) in [5.74, 6) is -5.08. The Morgan fingerprint density at radius 1 is 1.25 bits per heavy atom. The van der Waals surface area contributed by atoms with Crippen molar-refractivity contribution in [3.8, 4) is 0 Å². The van der Waals surface area contributed by atoms with Crippen molar-refractivity contribution in [2.45, 2.75) is 32.6 Å². The lowest BCUT2D eigenvalue weighted by molar-refractivity contribution is 0.0951. The maximum absolute atomic E-state index is 13.0. The molecule has 0 saturated carbocycles. The van der Waals surface area contributed by atoms with Crippen LogP contribution in [-0.2, 0) is 0 Å². The molecule has 1 N–H and O–H groups in total. The summed E-state index contributed by atoms with van der Waals surface area (Å²) in [7, 11) is 0. The first-order valence-corrected chi connectivity index (χ1v) is 6.60. The van der Waals surface area contributed by atoms with Crippen molar-refractivity contribution < 1.29 is 18.0 Å². The minimum Gasteiger partial charge on any atom is -0.351 e. The molecule has 1 unspecified atom stereocenters. The molecule has 0 radical (unpaired) electrons. The largest absolute Gasteiger partial charge is 0.351 e. The van der Waals surface area contributed by atoms with Crippen LogP contribution in [0.4, 0.5) is 13.2 Å². The van der Waals surface area contributed by atoms with Crippen LogP contribution in [0.5, 0.6) is 0 Å². The average Bonchev–Trinajstić information content (AvgIpc) is 2.30. The van der Waals surface area contributed by atoms with Gasteiger partial charge in [0.25, 0.3) is 5.91 Å². The lowest BCUT2D eigenvalue weighted by Gasteiger charge is -2.22. The van der Waals surface area contributed by atoms with Gasteiger partial charge in [-0.05, 0) is 24.0 Å². The molecule has 0 heterocycles. The molecule has 0 spiro atoms. The summed E-state index contributed by atoms with van der Waals surface area (Å²) in [6, 6.07) is 1.31. The fourth-order valence-corrected chi connectivity index (χ4v) is 2.27. The van der Waals surface area contributed by atoms with Gasteiger partial charge in [-0.1, -0.05) is 20.8 Å². The number of hydrogen-bond donors (Lipinski definition) is 1. The van der Waals surface area contributed by atoms with Gasteiger partial charge in [0.1, 0.15) is 0 Å². The van der Waals surface area contributed by atoms with Gasteiger partial charge in [0.2, 0.25) is 0 Å². The topological polar surface area (TPSA) is 29.1 Å². The maximum Gasteiger partial charge on any atom is 0.251 e. The van der Waals surface area contributed by atoms with Crippen LogP contribution in [0.1, 0.15) is 37.6 Å². The van der Waals surface area contributed by atoms with Crippen molar-refractivity contribution in [1.82, 2.24) is 5.32 Å². The third kappa shape index (κ3) is 5.04. The lowest BCUT2D eigenvalue weighted by Crippen LogP contribution is -2.31. The molecule has 2 nitrogen and oxygen atoms in total. The minimum atomic E-state index is -1.59. The van der Waals surface area contributed by atoms with Crippen LogP contribution >= 0.6 is 11.6 Å². The van der Waals surface area contributed by atoms with E-state index in [1.54, 1.807) is 0 Å². The Morgan fingerprint density at radius 3 is 2.20 bits per heavy atom. The minimum absolute atomic E-state index is 0.00519. The number of rotatable bonds is 4. The van der Waals surface area contributed by atoms with E-state index >= 15 is 0 Å². The first-order chi connectivity index (χ1) is 9.10. The summed E-state index contributed by atoms with van der Waals surface area (Å²) in [6.45, 7) is 6.19. The molecule has 1 amide bonds. The molecule has 0 aliphatic carbocycles. The number of halogens is 4. The molecule has 1 aromatic rings. The van der Waals surface area contributed by atoms with E-state index in [1.165, 1.54) is 0 Å². The SMILES string of the molecule is CC(C)(C)CC(Cl)CNC(=O)c1cc(F)c(F)c(F)c1. The molecule has 0 saturated heterocycles. The van der Waals surface area contributed by atoms with Crippen LogP contribution in [0.2, 0.25) is 0 Å². The number of carbonyl (C=O) groups is 1. The number of carbonyl (C=O) groups excluding carboxylic acids is 1. The highest BCUT2D eigenvalue weighted by molar-refractivity contribution is 6.21. The molecule has 0 aliphatic heterocycles. The molecule has 0 aliphatic rings. The van der Waals surface area contributed by atoms with E-state index in [9.17, 15) is 18.0 Å². The van der Waals surface area contributed by atoms with Crippen LogP contribution in [0.15, 0.2) is 12.1 Å². The fraction of sp³-hybridized carbons (Fsp3) is 0.500. The molecule has 112 valence electrons. The number of amides is 1. The summed E-state index contributed by atoms with van der Waals surface area (Å²) < 4.78 is 38.8. The second kappa shape index (κ2) is 6.48. The highest BCUT2D eigenvalue weighted by Gasteiger charge is 2.19. The Hall–Kier alpha value is -1.23. The molecule has 1 atom stereocenters. The summed E-state index contributed by atoms with van der Waals surface area (Å²) in [6.07, 6.45) is 0.668. The molecule has 0 bridgehead atoms. The molecular weight excluding hydrogens is 291 g/mol. The van der Waals surface area contributed by atoms with Gasteiger partial charge in [-0.15, -0.1) is 11.6 Å². The molecule has 0 aromatic heterocycles. The fourth-order valence-electron chi connectivity index (χ4n) is 1.73. The Kier molecular flexibility index (Phi) is 5.45. The molecule has 6 heteroatoms. The molecule has 20 heavy (non-hydrogen) atoms. The van der Waals surface area contributed by atoms with Gasteiger partial charge in [-0.25, -0.2) is 13.2 Å². The van der Waals surface area contributed by atoms with Crippen LogP contribution < -0.4 is 5.32 Å². The van der Waals surface area contributed by atoms with Gasteiger partial charge >= 0.3 is 0 Å².